The van der Waals surface area contributed by atoms with E-state index in [4.69, 9.17) is 14.2 Å². The lowest BCUT2D eigenvalue weighted by Gasteiger charge is -2.52. The van der Waals surface area contributed by atoms with Gasteiger partial charge in [0.2, 0.25) is 5.88 Å². The van der Waals surface area contributed by atoms with Crippen LogP contribution in [0.1, 0.15) is 53.5 Å². The molecule has 1 N–H and O–H groups in total. The van der Waals surface area contributed by atoms with E-state index < -0.39 is 46.7 Å². The Morgan fingerprint density at radius 3 is 2.61 bits per heavy atom. The number of rotatable bonds is 2. The van der Waals surface area contributed by atoms with E-state index >= 15 is 0 Å². The first-order valence-corrected chi connectivity index (χ1v) is 13.2. The van der Waals surface area contributed by atoms with Crippen LogP contribution < -0.4 is 4.74 Å². The van der Waals surface area contributed by atoms with Crippen molar-refractivity contribution in [3.8, 4) is 5.88 Å². The number of hydrogen-bond acceptors (Lipinski definition) is 6. The Morgan fingerprint density at radius 2 is 1.92 bits per heavy atom. The monoisotopic (exact) mass is 533 g/mol. The van der Waals surface area contributed by atoms with Crippen LogP contribution in [0.3, 0.4) is 0 Å². The number of Topliss-reactive ketones (excluding diaryl/α,β-unsaturated/α-hetero) is 1. The highest BCUT2D eigenvalue weighted by molar-refractivity contribution is 5.95. The number of nitrogens with zero attached hydrogens (tertiary/aromatic N) is 1. The Balaban J connectivity index is 1.52. The molecule has 1 aliphatic heterocycles. The van der Waals surface area contributed by atoms with Crippen LogP contribution >= 0.6 is 0 Å². The average Bonchev–Trinajstić information content (AvgIpc) is 3.31. The van der Waals surface area contributed by atoms with Crippen LogP contribution in [0.2, 0.25) is 0 Å². The zero-order valence-corrected chi connectivity index (χ0v) is 22.4. The summed E-state index contributed by atoms with van der Waals surface area (Å²) in [6.07, 6.45) is -1.20. The Morgan fingerprint density at radius 1 is 1.21 bits per heavy atom. The summed E-state index contributed by atoms with van der Waals surface area (Å²) in [5.41, 5.74) is -2.98. The molecule has 1 saturated heterocycles. The quantitative estimate of drug-likeness (QED) is 0.533. The molecule has 38 heavy (non-hydrogen) atoms. The molecule has 6 rings (SSSR count). The van der Waals surface area contributed by atoms with Gasteiger partial charge in [-0.2, -0.15) is 13.2 Å². The van der Waals surface area contributed by atoms with Crippen molar-refractivity contribution in [3.05, 3.63) is 47.2 Å². The largest absolute Gasteiger partial charge is 0.467 e. The zero-order valence-electron chi connectivity index (χ0n) is 22.4. The third kappa shape index (κ3) is 3.30. The molecule has 4 aliphatic carbocycles. The van der Waals surface area contributed by atoms with Gasteiger partial charge in [0.05, 0.1) is 17.6 Å². The van der Waals surface area contributed by atoms with Gasteiger partial charge in [-0.25, -0.2) is 4.98 Å². The highest BCUT2D eigenvalue weighted by atomic mass is 19.4. The summed E-state index contributed by atoms with van der Waals surface area (Å²) >= 11 is 0. The number of fused-ring (bicyclic) bond motifs is 5. The number of halogens is 3. The maximum atomic E-state index is 14.7. The number of ether oxygens (including phenoxy) is 3. The molecule has 1 spiro atoms. The van der Waals surface area contributed by atoms with Gasteiger partial charge in [-0.05, 0) is 67.6 Å². The van der Waals surface area contributed by atoms with E-state index in [0.29, 0.717) is 17.1 Å². The van der Waals surface area contributed by atoms with Crippen molar-refractivity contribution in [2.45, 2.75) is 77.7 Å². The highest BCUT2D eigenvalue weighted by Crippen LogP contribution is 2.72. The number of ketones is 1. The molecule has 3 fully saturated rings. The third-order valence-corrected chi connectivity index (χ3v) is 9.97. The van der Waals surface area contributed by atoms with Gasteiger partial charge in [-0.15, -0.1) is 0 Å². The second kappa shape index (κ2) is 7.70. The van der Waals surface area contributed by atoms with Crippen molar-refractivity contribution in [3.63, 3.8) is 0 Å². The molecule has 6 nitrogen and oxygen atoms in total. The molecule has 0 amide bonds. The smallest absolute Gasteiger partial charge is 0.416 e. The predicted molar refractivity (Wildman–Crippen MR) is 131 cm³/mol. The summed E-state index contributed by atoms with van der Waals surface area (Å²) in [7, 11) is 0. The topological polar surface area (TPSA) is 77.9 Å². The van der Waals surface area contributed by atoms with Gasteiger partial charge < -0.3 is 19.3 Å². The van der Waals surface area contributed by atoms with E-state index in [-0.39, 0.29) is 35.5 Å². The molecule has 206 valence electrons. The van der Waals surface area contributed by atoms with Crippen LogP contribution in [0.15, 0.2) is 41.6 Å². The number of pyridine rings is 1. The summed E-state index contributed by atoms with van der Waals surface area (Å²) < 4.78 is 58.8. The first-order chi connectivity index (χ1) is 17.5. The number of hydrogen-bond donors (Lipinski definition) is 1. The first kappa shape index (κ1) is 26.0. The summed E-state index contributed by atoms with van der Waals surface area (Å²) in [5.74, 6) is -1.69. The molecule has 2 bridgehead atoms. The fraction of sp³-hybridized carbons (Fsp3) is 0.655. The summed E-state index contributed by atoms with van der Waals surface area (Å²) in [5, 5.41) is 13.0. The Bertz CT molecular complexity index is 1270. The lowest BCUT2D eigenvalue weighted by atomic mass is 9.59. The minimum atomic E-state index is -4.58. The van der Waals surface area contributed by atoms with Crippen LogP contribution in [-0.2, 0) is 20.4 Å². The first-order valence-electron chi connectivity index (χ1n) is 13.2. The molecule has 0 aromatic carbocycles. The minimum Gasteiger partial charge on any atom is -0.467 e. The average molecular weight is 534 g/mol. The van der Waals surface area contributed by atoms with E-state index in [2.05, 4.69) is 18.8 Å². The summed E-state index contributed by atoms with van der Waals surface area (Å²) in [6, 6.07) is 1.69. The lowest BCUT2D eigenvalue weighted by molar-refractivity contribution is -0.301. The van der Waals surface area contributed by atoms with Crippen molar-refractivity contribution >= 4 is 5.78 Å². The fourth-order valence-electron chi connectivity index (χ4n) is 8.07. The molecular formula is C29H34F3NO5. The molecule has 9 heteroatoms. The summed E-state index contributed by atoms with van der Waals surface area (Å²) in [6.45, 7) is 11.8. The molecule has 5 aliphatic rings. The summed E-state index contributed by atoms with van der Waals surface area (Å²) in [4.78, 5) is 18.7. The molecule has 2 saturated carbocycles. The highest BCUT2D eigenvalue weighted by Gasteiger charge is 2.77. The van der Waals surface area contributed by atoms with Gasteiger partial charge in [0, 0.05) is 18.2 Å². The fourth-order valence-corrected chi connectivity index (χ4v) is 8.07. The lowest BCUT2D eigenvalue weighted by Crippen LogP contribution is -2.68. The molecule has 1 aromatic heterocycles. The number of allylic oxidation sites excluding steroid dienone is 1. The predicted octanol–water partition coefficient (Wildman–Crippen LogP) is 5.11. The van der Waals surface area contributed by atoms with Crippen molar-refractivity contribution < 1.29 is 37.3 Å². The molecule has 0 radical (unpaired) electrons. The van der Waals surface area contributed by atoms with E-state index in [9.17, 15) is 23.1 Å². The number of aromatic nitrogens is 1. The van der Waals surface area contributed by atoms with Gasteiger partial charge in [0.25, 0.3) is 0 Å². The van der Waals surface area contributed by atoms with Crippen molar-refractivity contribution in [1.82, 2.24) is 4.98 Å². The molecular weight excluding hydrogens is 499 g/mol. The number of aliphatic hydroxyl groups is 1. The van der Waals surface area contributed by atoms with Gasteiger partial charge in [0.15, 0.2) is 23.3 Å². The number of alkyl halides is 3. The molecule has 2 heterocycles. The zero-order chi connectivity index (χ0) is 27.6. The molecule has 8 atom stereocenters. The maximum absolute atomic E-state index is 14.7. The Kier molecular flexibility index (Phi) is 5.27. The molecule has 1 aromatic rings. The van der Waals surface area contributed by atoms with Gasteiger partial charge in [-0.3, -0.25) is 4.79 Å². The molecule has 1 unspecified atom stereocenters. The van der Waals surface area contributed by atoms with E-state index in [1.54, 1.807) is 20.8 Å². The van der Waals surface area contributed by atoms with Crippen LogP contribution in [0.25, 0.3) is 0 Å². The number of carbonyl (C=O) groups is 1. The van der Waals surface area contributed by atoms with Crippen LogP contribution in [-0.4, -0.2) is 46.1 Å². The maximum Gasteiger partial charge on any atom is 0.416 e. The second-order valence-corrected chi connectivity index (χ2v) is 12.9. The van der Waals surface area contributed by atoms with Crippen molar-refractivity contribution in [2.75, 3.05) is 6.61 Å². The minimum absolute atomic E-state index is 0.0178. The van der Waals surface area contributed by atoms with Crippen LogP contribution in [0, 0.1) is 34.5 Å². The van der Waals surface area contributed by atoms with E-state index in [1.807, 2.05) is 19.1 Å². The Hall–Kier alpha value is -2.23. The standard InChI is InChI=1S/C29H34F3NO5/c1-14-12-27-15(2)9-19-21(25(19,3)4)18(22(27)34)10-16-13-36-26(5,6)38-24(16)28(27,35)23(14)37-20-11-17(7-8-33-20)29(30,31)32/h7-8,10-12,15,18-19,21,23-24,35H,9,13H2,1-6H3/t15-,18+,19-,21+,23+,24-,27?,28-/m1/s1. The van der Waals surface area contributed by atoms with Crippen molar-refractivity contribution in [1.29, 1.82) is 0 Å². The Labute approximate surface area is 220 Å². The normalized spacial score (nSPS) is 42.5. The van der Waals surface area contributed by atoms with Crippen LogP contribution in [0.4, 0.5) is 13.2 Å². The van der Waals surface area contributed by atoms with Crippen LogP contribution in [0.5, 0.6) is 5.88 Å². The van der Waals surface area contributed by atoms with E-state index in [0.717, 1.165) is 24.8 Å². The van der Waals surface area contributed by atoms with Gasteiger partial charge >= 0.3 is 6.18 Å². The second-order valence-electron chi connectivity index (χ2n) is 12.9. The number of carbonyl (C=O) groups excluding carboxylic acids is 1. The third-order valence-electron chi connectivity index (χ3n) is 9.97. The van der Waals surface area contributed by atoms with Gasteiger partial charge in [0.1, 0.15) is 6.10 Å². The van der Waals surface area contributed by atoms with Crippen molar-refractivity contribution in [2.24, 2.45) is 34.5 Å². The van der Waals surface area contributed by atoms with E-state index in [1.165, 1.54) is 0 Å². The SMILES string of the molecule is CC1=CC23C(=O)[C@@H](C=C4COC(C)(C)O[C@H]4[C@]2(O)[C@H]1Oc1cc(C(F)(F)F)ccn1)[C@H]1[C@@H](C[C@H]3C)C1(C)C. The van der Waals surface area contributed by atoms with Gasteiger partial charge in [-0.1, -0.05) is 32.9 Å².